The Labute approximate surface area is 128 Å². The number of carbonyl (C=O) groups is 1. The zero-order valence-electron chi connectivity index (χ0n) is 11.9. The first kappa shape index (κ1) is 15.4. The van der Waals surface area contributed by atoms with E-state index in [0.717, 1.165) is 11.3 Å². The van der Waals surface area contributed by atoms with E-state index in [1.165, 1.54) is 6.21 Å². The Morgan fingerprint density at radius 3 is 2.50 bits per heavy atom. The van der Waals surface area contributed by atoms with Gasteiger partial charge in [-0.15, -0.1) is 0 Å². The van der Waals surface area contributed by atoms with Crippen molar-refractivity contribution >= 4 is 12.2 Å². The molecule has 0 spiro atoms. The molecule has 0 radical (unpaired) electrons. The van der Waals surface area contributed by atoms with E-state index in [2.05, 4.69) is 10.5 Å². The van der Waals surface area contributed by atoms with Crippen LogP contribution in [0.1, 0.15) is 5.56 Å². The minimum absolute atomic E-state index is 0.392. The molecule has 2 rings (SSSR count). The first-order valence-electron chi connectivity index (χ1n) is 6.74. The van der Waals surface area contributed by atoms with Crippen molar-refractivity contribution in [2.45, 2.75) is 0 Å². The van der Waals surface area contributed by atoms with Crippen LogP contribution in [0.25, 0.3) is 0 Å². The first-order chi connectivity index (χ1) is 10.8. The van der Waals surface area contributed by atoms with E-state index in [1.807, 2.05) is 54.6 Å². The number of nitrogens with one attached hydrogen (secondary N) is 1. The Morgan fingerprint density at radius 1 is 1.05 bits per heavy atom. The summed E-state index contributed by atoms with van der Waals surface area (Å²) in [5.74, 6) is 1.45. The van der Waals surface area contributed by atoms with Crippen LogP contribution in [0.2, 0.25) is 0 Å². The lowest BCUT2D eigenvalue weighted by atomic mass is 10.2. The number of nitrogens with zero attached hydrogens (tertiary/aromatic N) is 1. The summed E-state index contributed by atoms with van der Waals surface area (Å²) >= 11 is 0. The van der Waals surface area contributed by atoms with Gasteiger partial charge in [-0.1, -0.05) is 30.3 Å². The molecule has 0 saturated carbocycles. The minimum atomic E-state index is -0.717. The van der Waals surface area contributed by atoms with Gasteiger partial charge >= 0.3 is 6.03 Å². The highest BCUT2D eigenvalue weighted by atomic mass is 16.5. The first-order valence-corrected chi connectivity index (χ1v) is 6.74. The maximum Gasteiger partial charge on any atom is 0.332 e. The van der Waals surface area contributed by atoms with Crippen molar-refractivity contribution < 1.29 is 14.3 Å². The summed E-state index contributed by atoms with van der Waals surface area (Å²) in [6, 6.07) is 16.1. The molecule has 0 heterocycles. The van der Waals surface area contributed by atoms with Crippen LogP contribution < -0.4 is 20.6 Å². The number of rotatable bonds is 7. The number of carbonyl (C=O) groups excluding carboxylic acids is 1. The van der Waals surface area contributed by atoms with Gasteiger partial charge in [0.05, 0.1) is 6.21 Å². The summed E-state index contributed by atoms with van der Waals surface area (Å²) in [5.41, 5.74) is 7.81. The number of hydrogen-bond acceptors (Lipinski definition) is 4. The van der Waals surface area contributed by atoms with Gasteiger partial charge in [0.2, 0.25) is 0 Å². The molecule has 0 atom stereocenters. The molecule has 0 saturated heterocycles. The van der Waals surface area contributed by atoms with Gasteiger partial charge in [-0.3, -0.25) is 0 Å². The van der Waals surface area contributed by atoms with Crippen molar-refractivity contribution in [2.75, 3.05) is 13.2 Å². The predicted molar refractivity (Wildman–Crippen MR) is 84.2 cm³/mol. The molecule has 0 aliphatic carbocycles. The lowest BCUT2D eigenvalue weighted by Crippen LogP contribution is -2.24. The number of amides is 2. The van der Waals surface area contributed by atoms with E-state index < -0.39 is 6.03 Å². The van der Waals surface area contributed by atoms with E-state index in [1.54, 1.807) is 0 Å². The Balaban J connectivity index is 1.84. The molecule has 0 bridgehead atoms. The van der Waals surface area contributed by atoms with Gasteiger partial charge in [-0.05, 0) is 24.3 Å². The Hall–Kier alpha value is -3.02. The standard InChI is InChI=1S/C16H17N3O3/c17-16(20)19-18-12-13-6-4-5-9-15(13)22-11-10-21-14-7-2-1-3-8-14/h1-9,12H,10-11H2,(H3,17,19,20)/b18-12+. The van der Waals surface area contributed by atoms with Crippen LogP contribution in [0.4, 0.5) is 4.79 Å². The maximum atomic E-state index is 10.6. The van der Waals surface area contributed by atoms with Gasteiger partial charge in [-0.2, -0.15) is 5.10 Å². The molecular formula is C16H17N3O3. The molecule has 2 aromatic rings. The molecule has 2 amide bonds. The quantitative estimate of drug-likeness (QED) is 0.466. The predicted octanol–water partition coefficient (Wildman–Crippen LogP) is 2.15. The van der Waals surface area contributed by atoms with E-state index in [0.29, 0.717) is 19.0 Å². The van der Waals surface area contributed by atoms with E-state index in [4.69, 9.17) is 15.2 Å². The molecule has 6 heteroatoms. The summed E-state index contributed by atoms with van der Waals surface area (Å²) in [6.07, 6.45) is 1.47. The molecule has 0 unspecified atom stereocenters. The number of para-hydroxylation sites is 2. The molecule has 3 N–H and O–H groups in total. The fraction of sp³-hybridized carbons (Fsp3) is 0.125. The third-order valence-electron chi connectivity index (χ3n) is 2.65. The number of hydrogen-bond donors (Lipinski definition) is 2. The van der Waals surface area contributed by atoms with Gasteiger partial charge in [0, 0.05) is 5.56 Å². The fourth-order valence-electron chi connectivity index (χ4n) is 1.71. The minimum Gasteiger partial charge on any atom is -0.490 e. The summed E-state index contributed by atoms with van der Waals surface area (Å²) in [6.45, 7) is 0.817. The second-order valence-electron chi connectivity index (χ2n) is 4.28. The van der Waals surface area contributed by atoms with Crippen LogP contribution in [0, 0.1) is 0 Å². The van der Waals surface area contributed by atoms with Gasteiger partial charge in [-0.25, -0.2) is 10.2 Å². The van der Waals surface area contributed by atoms with Gasteiger partial charge in [0.25, 0.3) is 0 Å². The molecule has 6 nitrogen and oxygen atoms in total. The van der Waals surface area contributed by atoms with Crippen molar-refractivity contribution in [3.63, 3.8) is 0 Å². The summed E-state index contributed by atoms with van der Waals surface area (Å²) in [7, 11) is 0. The highest BCUT2D eigenvalue weighted by Gasteiger charge is 2.01. The molecule has 0 aliphatic rings. The molecule has 0 fully saturated rings. The van der Waals surface area contributed by atoms with E-state index >= 15 is 0 Å². The van der Waals surface area contributed by atoms with Crippen LogP contribution in [0.3, 0.4) is 0 Å². The Morgan fingerprint density at radius 2 is 1.73 bits per heavy atom. The largest absolute Gasteiger partial charge is 0.490 e. The highest BCUT2D eigenvalue weighted by molar-refractivity contribution is 5.84. The van der Waals surface area contributed by atoms with Gasteiger partial charge in [0.1, 0.15) is 24.7 Å². The number of nitrogens with two attached hydrogens (primary N) is 1. The van der Waals surface area contributed by atoms with E-state index in [9.17, 15) is 4.79 Å². The monoisotopic (exact) mass is 299 g/mol. The van der Waals surface area contributed by atoms with Crippen molar-refractivity contribution in [3.05, 3.63) is 60.2 Å². The highest BCUT2D eigenvalue weighted by Crippen LogP contribution is 2.16. The van der Waals surface area contributed by atoms with Gasteiger partial charge in [0.15, 0.2) is 0 Å². The normalized spacial score (nSPS) is 10.4. The number of ether oxygens (including phenoxy) is 2. The summed E-state index contributed by atoms with van der Waals surface area (Å²) < 4.78 is 11.2. The van der Waals surface area contributed by atoms with Gasteiger partial charge < -0.3 is 15.2 Å². The molecule has 2 aromatic carbocycles. The Bertz CT molecular complexity index is 630. The molecule has 0 aliphatic heterocycles. The van der Waals surface area contributed by atoms with Crippen molar-refractivity contribution in [1.82, 2.24) is 5.43 Å². The van der Waals surface area contributed by atoms with Crippen LogP contribution in [-0.4, -0.2) is 25.5 Å². The molecule has 114 valence electrons. The smallest absolute Gasteiger partial charge is 0.332 e. The maximum absolute atomic E-state index is 10.6. The average molecular weight is 299 g/mol. The zero-order chi connectivity index (χ0) is 15.6. The van der Waals surface area contributed by atoms with Crippen molar-refractivity contribution in [1.29, 1.82) is 0 Å². The van der Waals surface area contributed by atoms with Crippen LogP contribution in [0.5, 0.6) is 11.5 Å². The Kier molecular flexibility index (Phi) is 5.80. The van der Waals surface area contributed by atoms with Crippen LogP contribution in [0.15, 0.2) is 59.7 Å². The number of primary amides is 1. The average Bonchev–Trinajstić information content (AvgIpc) is 2.53. The topological polar surface area (TPSA) is 85.9 Å². The number of hydrazone groups is 1. The third kappa shape index (κ3) is 5.16. The van der Waals surface area contributed by atoms with Crippen molar-refractivity contribution in [3.8, 4) is 11.5 Å². The van der Waals surface area contributed by atoms with E-state index in [-0.39, 0.29) is 0 Å². The lowest BCUT2D eigenvalue weighted by Gasteiger charge is -2.10. The zero-order valence-corrected chi connectivity index (χ0v) is 11.9. The summed E-state index contributed by atoms with van der Waals surface area (Å²) in [5, 5.41) is 3.72. The molecular weight excluding hydrogens is 282 g/mol. The van der Waals surface area contributed by atoms with Crippen LogP contribution >= 0.6 is 0 Å². The molecule has 0 aromatic heterocycles. The third-order valence-corrected chi connectivity index (χ3v) is 2.65. The second kappa shape index (κ2) is 8.31. The fourth-order valence-corrected chi connectivity index (χ4v) is 1.71. The second-order valence-corrected chi connectivity index (χ2v) is 4.28. The SMILES string of the molecule is NC(=O)N/N=C/c1ccccc1OCCOc1ccccc1. The lowest BCUT2D eigenvalue weighted by molar-refractivity contribution is 0.217. The van der Waals surface area contributed by atoms with Crippen molar-refractivity contribution in [2.24, 2.45) is 10.8 Å². The number of benzene rings is 2. The van der Waals surface area contributed by atoms with Crippen LogP contribution in [-0.2, 0) is 0 Å². The molecule has 22 heavy (non-hydrogen) atoms. The summed E-state index contributed by atoms with van der Waals surface area (Å²) in [4.78, 5) is 10.6. The number of urea groups is 1.